The van der Waals surface area contributed by atoms with Crippen molar-refractivity contribution < 1.29 is 0 Å². The van der Waals surface area contributed by atoms with Gasteiger partial charge in [0.1, 0.15) is 5.82 Å². The normalized spacial score (nSPS) is 17.4. The Kier molecular flexibility index (Phi) is 5.58. The van der Waals surface area contributed by atoms with Crippen molar-refractivity contribution in [1.82, 2.24) is 14.7 Å². The van der Waals surface area contributed by atoms with Gasteiger partial charge < -0.3 is 10.2 Å². The van der Waals surface area contributed by atoms with Crippen molar-refractivity contribution in [2.45, 2.75) is 40.0 Å². The van der Waals surface area contributed by atoms with Gasteiger partial charge in [-0.3, -0.25) is 0 Å². The predicted octanol–water partition coefficient (Wildman–Crippen LogP) is 2.56. The average Bonchev–Trinajstić information content (AvgIpc) is 2.88. The summed E-state index contributed by atoms with van der Waals surface area (Å²) in [6, 6.07) is 0. The van der Waals surface area contributed by atoms with Crippen molar-refractivity contribution in [2.24, 2.45) is 11.8 Å². The maximum absolute atomic E-state index is 4.58. The van der Waals surface area contributed by atoms with Gasteiger partial charge in [-0.25, -0.2) is 4.98 Å². The highest BCUT2D eigenvalue weighted by atomic mass is 32.1. The summed E-state index contributed by atoms with van der Waals surface area (Å²) in [4.78, 5) is 6.98. The molecule has 0 aliphatic carbocycles. The standard InChI is InChI=1S/C14H26N4S/c1-4-13-16-14(19-17-13)18-7-5-12(6-8-18)10-15-9-11(2)3/h11-12,15H,4-10H2,1-3H3. The molecule has 1 aromatic rings. The van der Waals surface area contributed by atoms with E-state index in [9.17, 15) is 0 Å². The van der Waals surface area contributed by atoms with Crippen LogP contribution in [0.5, 0.6) is 0 Å². The van der Waals surface area contributed by atoms with Crippen molar-refractivity contribution >= 4 is 16.7 Å². The summed E-state index contributed by atoms with van der Waals surface area (Å²) < 4.78 is 4.37. The van der Waals surface area contributed by atoms with Crippen LogP contribution < -0.4 is 10.2 Å². The lowest BCUT2D eigenvalue weighted by molar-refractivity contribution is 0.374. The van der Waals surface area contributed by atoms with Crippen LogP contribution in [-0.2, 0) is 6.42 Å². The zero-order valence-corrected chi connectivity index (χ0v) is 13.2. The van der Waals surface area contributed by atoms with E-state index in [1.54, 1.807) is 11.5 Å². The second-order valence-corrected chi connectivity index (χ2v) is 6.56. The van der Waals surface area contributed by atoms with E-state index in [0.717, 1.165) is 48.8 Å². The molecule has 1 fully saturated rings. The summed E-state index contributed by atoms with van der Waals surface area (Å²) in [5.74, 6) is 2.56. The van der Waals surface area contributed by atoms with Crippen LogP contribution in [0.4, 0.5) is 5.13 Å². The lowest BCUT2D eigenvalue weighted by Gasteiger charge is -2.31. The largest absolute Gasteiger partial charge is 0.347 e. The van der Waals surface area contributed by atoms with Crippen molar-refractivity contribution in [3.63, 3.8) is 0 Å². The maximum atomic E-state index is 4.58. The molecule has 2 heterocycles. The molecule has 108 valence electrons. The molecule has 0 atom stereocenters. The Morgan fingerprint density at radius 3 is 2.68 bits per heavy atom. The first-order valence-electron chi connectivity index (χ1n) is 7.47. The van der Waals surface area contributed by atoms with Gasteiger partial charge in [0.05, 0.1) is 0 Å². The summed E-state index contributed by atoms with van der Waals surface area (Å²) in [5.41, 5.74) is 0. The molecule has 5 heteroatoms. The summed E-state index contributed by atoms with van der Waals surface area (Å²) >= 11 is 1.55. The highest BCUT2D eigenvalue weighted by Crippen LogP contribution is 2.24. The van der Waals surface area contributed by atoms with Crippen LogP contribution >= 0.6 is 11.5 Å². The molecule has 0 unspecified atom stereocenters. The number of hydrogen-bond donors (Lipinski definition) is 1. The number of nitrogens with one attached hydrogen (secondary N) is 1. The number of anilines is 1. The summed E-state index contributed by atoms with van der Waals surface area (Å²) in [5, 5.41) is 4.69. The van der Waals surface area contributed by atoms with Crippen molar-refractivity contribution in [3.8, 4) is 0 Å². The van der Waals surface area contributed by atoms with E-state index in [1.165, 1.54) is 19.4 Å². The number of nitrogens with zero attached hydrogens (tertiary/aromatic N) is 3. The topological polar surface area (TPSA) is 41.1 Å². The fourth-order valence-corrected chi connectivity index (χ4v) is 3.22. The zero-order valence-electron chi connectivity index (χ0n) is 12.4. The molecular weight excluding hydrogens is 256 g/mol. The summed E-state index contributed by atoms with van der Waals surface area (Å²) in [7, 11) is 0. The smallest absolute Gasteiger partial charge is 0.205 e. The summed E-state index contributed by atoms with van der Waals surface area (Å²) in [6.07, 6.45) is 3.48. The molecule has 2 rings (SSSR count). The number of hydrogen-bond acceptors (Lipinski definition) is 5. The third kappa shape index (κ3) is 4.42. The van der Waals surface area contributed by atoms with E-state index in [2.05, 4.69) is 40.3 Å². The highest BCUT2D eigenvalue weighted by molar-refractivity contribution is 7.09. The second kappa shape index (κ2) is 7.20. The van der Waals surface area contributed by atoms with Gasteiger partial charge >= 0.3 is 0 Å². The molecule has 0 aromatic carbocycles. The van der Waals surface area contributed by atoms with Crippen LogP contribution in [0.1, 0.15) is 39.4 Å². The Balaban J connectivity index is 1.73. The summed E-state index contributed by atoms with van der Waals surface area (Å²) in [6.45, 7) is 11.2. The van der Waals surface area contributed by atoms with Gasteiger partial charge in [0.15, 0.2) is 0 Å². The van der Waals surface area contributed by atoms with E-state index >= 15 is 0 Å². The predicted molar refractivity (Wildman–Crippen MR) is 81.9 cm³/mol. The van der Waals surface area contributed by atoms with Crippen molar-refractivity contribution in [3.05, 3.63) is 5.82 Å². The Hall–Kier alpha value is -0.680. The van der Waals surface area contributed by atoms with Crippen LogP contribution in [-0.4, -0.2) is 35.5 Å². The molecule has 1 N–H and O–H groups in total. The Morgan fingerprint density at radius 1 is 1.37 bits per heavy atom. The Morgan fingerprint density at radius 2 is 2.11 bits per heavy atom. The Labute approximate surface area is 120 Å². The minimum absolute atomic E-state index is 0.744. The molecule has 0 radical (unpaired) electrons. The van der Waals surface area contributed by atoms with Gasteiger partial charge in [-0.2, -0.15) is 4.37 Å². The molecular formula is C14H26N4S. The fourth-order valence-electron chi connectivity index (χ4n) is 2.42. The lowest BCUT2D eigenvalue weighted by Crippen LogP contribution is -2.37. The number of aromatic nitrogens is 2. The Bertz CT molecular complexity index is 369. The molecule has 1 saturated heterocycles. The van der Waals surface area contributed by atoms with Crippen LogP contribution in [0, 0.1) is 11.8 Å². The first-order valence-corrected chi connectivity index (χ1v) is 8.24. The van der Waals surface area contributed by atoms with Gasteiger partial charge in [-0.1, -0.05) is 20.8 Å². The van der Waals surface area contributed by atoms with Crippen LogP contribution in [0.3, 0.4) is 0 Å². The molecule has 1 aromatic heterocycles. The molecule has 0 amide bonds. The fraction of sp³-hybridized carbons (Fsp3) is 0.857. The van der Waals surface area contributed by atoms with E-state index in [0.29, 0.717) is 0 Å². The molecule has 0 spiro atoms. The molecule has 0 saturated carbocycles. The molecule has 1 aliphatic heterocycles. The van der Waals surface area contributed by atoms with Gasteiger partial charge in [0, 0.05) is 31.0 Å². The number of aryl methyl sites for hydroxylation is 1. The lowest BCUT2D eigenvalue weighted by atomic mass is 9.97. The third-order valence-electron chi connectivity index (χ3n) is 3.64. The highest BCUT2D eigenvalue weighted by Gasteiger charge is 2.21. The maximum Gasteiger partial charge on any atom is 0.205 e. The molecule has 1 aliphatic rings. The van der Waals surface area contributed by atoms with Gasteiger partial charge in [0.2, 0.25) is 5.13 Å². The first kappa shape index (κ1) is 14.7. The van der Waals surface area contributed by atoms with Gasteiger partial charge in [0.25, 0.3) is 0 Å². The van der Waals surface area contributed by atoms with E-state index in [1.807, 2.05) is 0 Å². The van der Waals surface area contributed by atoms with Crippen LogP contribution in [0.2, 0.25) is 0 Å². The van der Waals surface area contributed by atoms with Crippen LogP contribution in [0.15, 0.2) is 0 Å². The van der Waals surface area contributed by atoms with Crippen molar-refractivity contribution in [1.29, 1.82) is 0 Å². The van der Waals surface area contributed by atoms with Crippen LogP contribution in [0.25, 0.3) is 0 Å². The molecule has 0 bridgehead atoms. The SMILES string of the molecule is CCc1nsc(N2CCC(CNCC(C)C)CC2)n1. The molecule has 4 nitrogen and oxygen atoms in total. The number of piperidine rings is 1. The first-order chi connectivity index (χ1) is 9.19. The van der Waals surface area contributed by atoms with E-state index in [4.69, 9.17) is 0 Å². The van der Waals surface area contributed by atoms with Crippen molar-refractivity contribution in [2.75, 3.05) is 31.1 Å². The minimum Gasteiger partial charge on any atom is -0.347 e. The number of rotatable bonds is 6. The quantitative estimate of drug-likeness (QED) is 0.870. The second-order valence-electron chi connectivity index (χ2n) is 5.83. The van der Waals surface area contributed by atoms with E-state index < -0.39 is 0 Å². The zero-order chi connectivity index (χ0) is 13.7. The van der Waals surface area contributed by atoms with Gasteiger partial charge in [-0.05, 0) is 37.8 Å². The van der Waals surface area contributed by atoms with E-state index in [-0.39, 0.29) is 0 Å². The van der Waals surface area contributed by atoms with Gasteiger partial charge in [-0.15, -0.1) is 0 Å². The minimum atomic E-state index is 0.744. The monoisotopic (exact) mass is 282 g/mol. The third-order valence-corrected chi connectivity index (χ3v) is 4.46. The molecule has 19 heavy (non-hydrogen) atoms. The average molecular weight is 282 g/mol.